The minimum atomic E-state index is 0.0457. The van der Waals surface area contributed by atoms with Gasteiger partial charge in [0.15, 0.2) is 0 Å². The molecule has 2 aromatic carbocycles. The third-order valence-electron chi connectivity index (χ3n) is 4.88. The van der Waals surface area contributed by atoms with Crippen LogP contribution in [0.3, 0.4) is 0 Å². The number of nitrogens with one attached hydrogen (secondary N) is 1. The molecule has 5 nitrogen and oxygen atoms in total. The Balaban J connectivity index is 1.44. The smallest absolute Gasteiger partial charge is 0.254 e. The molecule has 1 aliphatic heterocycles. The van der Waals surface area contributed by atoms with Crippen LogP contribution in [0, 0.1) is 0 Å². The third-order valence-corrected chi connectivity index (χ3v) is 4.88. The number of fused-ring (bicyclic) bond motifs is 1. The maximum atomic E-state index is 13.0. The zero-order valence-electron chi connectivity index (χ0n) is 14.9. The first-order valence-corrected chi connectivity index (χ1v) is 9.11. The summed E-state index contributed by atoms with van der Waals surface area (Å²) in [6.07, 6.45) is 3.64. The van der Waals surface area contributed by atoms with Gasteiger partial charge < -0.3 is 14.6 Å². The van der Waals surface area contributed by atoms with Crippen LogP contribution < -0.4 is 0 Å². The summed E-state index contributed by atoms with van der Waals surface area (Å²) < 4.78 is 6.07. The lowest BCUT2D eigenvalue weighted by Crippen LogP contribution is -2.49. The number of morpholine rings is 1. The number of carbonyl (C=O) groups is 1. The fourth-order valence-corrected chi connectivity index (χ4v) is 3.59. The van der Waals surface area contributed by atoms with Gasteiger partial charge in [-0.15, -0.1) is 0 Å². The van der Waals surface area contributed by atoms with Crippen molar-refractivity contribution in [2.45, 2.75) is 32.0 Å². The highest BCUT2D eigenvalue weighted by Crippen LogP contribution is 2.20. The van der Waals surface area contributed by atoms with Crippen molar-refractivity contribution < 1.29 is 9.53 Å². The van der Waals surface area contributed by atoms with E-state index in [1.165, 1.54) is 5.56 Å². The number of aryl methyl sites for hydroxylation is 1. The Kier molecular flexibility index (Phi) is 4.71. The number of nitrogens with zero attached hydrogens (tertiary/aromatic N) is 2. The van der Waals surface area contributed by atoms with Crippen molar-refractivity contribution in [3.05, 3.63) is 66.0 Å². The van der Waals surface area contributed by atoms with Crippen molar-refractivity contribution in [1.82, 2.24) is 14.9 Å². The molecule has 134 valence electrons. The van der Waals surface area contributed by atoms with E-state index in [1.54, 1.807) is 6.33 Å². The summed E-state index contributed by atoms with van der Waals surface area (Å²) in [5, 5.41) is 0. The minimum absolute atomic E-state index is 0.0457. The Hall–Kier alpha value is -2.66. The van der Waals surface area contributed by atoms with Gasteiger partial charge in [0.1, 0.15) is 0 Å². The van der Waals surface area contributed by atoms with Gasteiger partial charge in [0.25, 0.3) is 5.91 Å². The third kappa shape index (κ3) is 3.63. The van der Waals surface area contributed by atoms with Gasteiger partial charge in [0.05, 0.1) is 29.6 Å². The van der Waals surface area contributed by atoms with Gasteiger partial charge in [-0.25, -0.2) is 4.98 Å². The lowest BCUT2D eigenvalue weighted by Gasteiger charge is -2.37. The topological polar surface area (TPSA) is 58.2 Å². The van der Waals surface area contributed by atoms with E-state index in [1.807, 2.05) is 36.1 Å². The molecule has 1 aromatic heterocycles. The van der Waals surface area contributed by atoms with E-state index in [4.69, 9.17) is 4.74 Å². The summed E-state index contributed by atoms with van der Waals surface area (Å²) in [4.78, 5) is 22.2. The number of imidazole rings is 1. The lowest BCUT2D eigenvalue weighted by molar-refractivity contribution is -0.0698. The van der Waals surface area contributed by atoms with Gasteiger partial charge in [0.2, 0.25) is 0 Å². The highest BCUT2D eigenvalue weighted by Gasteiger charge is 2.29. The highest BCUT2D eigenvalue weighted by molar-refractivity contribution is 5.97. The number of aromatic nitrogens is 2. The summed E-state index contributed by atoms with van der Waals surface area (Å²) in [6.45, 7) is 3.30. The van der Waals surface area contributed by atoms with E-state index in [9.17, 15) is 4.79 Å². The van der Waals surface area contributed by atoms with Crippen molar-refractivity contribution in [2.75, 3.05) is 13.1 Å². The van der Waals surface area contributed by atoms with Crippen molar-refractivity contribution in [2.24, 2.45) is 0 Å². The lowest BCUT2D eigenvalue weighted by atomic mass is 10.0. The normalized spacial score (nSPS) is 20.4. The number of rotatable bonds is 4. The fourth-order valence-electron chi connectivity index (χ4n) is 3.59. The number of aromatic amines is 1. The Labute approximate surface area is 153 Å². The number of carbonyl (C=O) groups excluding carboxylic acids is 1. The summed E-state index contributed by atoms with van der Waals surface area (Å²) >= 11 is 0. The van der Waals surface area contributed by atoms with E-state index < -0.39 is 0 Å². The minimum Gasteiger partial charge on any atom is -0.372 e. The maximum absolute atomic E-state index is 13.0. The molecule has 26 heavy (non-hydrogen) atoms. The Morgan fingerprint density at radius 1 is 1.23 bits per heavy atom. The molecule has 0 radical (unpaired) electrons. The second-order valence-corrected chi connectivity index (χ2v) is 6.94. The molecule has 0 spiro atoms. The zero-order valence-corrected chi connectivity index (χ0v) is 14.9. The predicted octanol–water partition coefficient (Wildman–Crippen LogP) is 3.43. The summed E-state index contributed by atoms with van der Waals surface area (Å²) in [6, 6.07) is 16.0. The van der Waals surface area contributed by atoms with Crippen LogP contribution in [0.1, 0.15) is 29.3 Å². The highest BCUT2D eigenvalue weighted by atomic mass is 16.5. The fraction of sp³-hybridized carbons (Fsp3) is 0.333. The van der Waals surface area contributed by atoms with E-state index in [-0.39, 0.29) is 18.1 Å². The second-order valence-electron chi connectivity index (χ2n) is 6.94. The molecular weight excluding hydrogens is 326 g/mol. The van der Waals surface area contributed by atoms with Crippen LogP contribution in [0.2, 0.25) is 0 Å². The first-order chi connectivity index (χ1) is 12.7. The number of ether oxygens (including phenoxy) is 1. The van der Waals surface area contributed by atoms with Gasteiger partial charge in [-0.3, -0.25) is 4.79 Å². The summed E-state index contributed by atoms with van der Waals surface area (Å²) in [5.74, 6) is 0.0568. The molecule has 2 atom stereocenters. The number of amides is 1. The van der Waals surface area contributed by atoms with Gasteiger partial charge in [-0.1, -0.05) is 30.3 Å². The number of benzene rings is 2. The average molecular weight is 349 g/mol. The van der Waals surface area contributed by atoms with Crippen molar-refractivity contribution in [3.63, 3.8) is 0 Å². The monoisotopic (exact) mass is 349 g/mol. The molecule has 1 aliphatic rings. The maximum Gasteiger partial charge on any atom is 0.254 e. The van der Waals surface area contributed by atoms with Gasteiger partial charge >= 0.3 is 0 Å². The van der Waals surface area contributed by atoms with Crippen molar-refractivity contribution in [3.8, 4) is 0 Å². The molecule has 1 N–H and O–H groups in total. The van der Waals surface area contributed by atoms with Crippen molar-refractivity contribution in [1.29, 1.82) is 0 Å². The SMILES string of the molecule is CC1CN(C(=O)c2ccc3nc[nH]c3c2)CC(CCc2ccccc2)O1. The van der Waals surface area contributed by atoms with Crippen LogP contribution in [0.5, 0.6) is 0 Å². The van der Waals surface area contributed by atoms with Crippen molar-refractivity contribution >= 4 is 16.9 Å². The molecule has 1 amide bonds. The number of H-pyrrole nitrogens is 1. The zero-order chi connectivity index (χ0) is 17.9. The summed E-state index contributed by atoms with van der Waals surface area (Å²) in [7, 11) is 0. The first kappa shape index (κ1) is 16.8. The Bertz CT molecular complexity index is 890. The van der Waals surface area contributed by atoms with Gasteiger partial charge in [-0.2, -0.15) is 0 Å². The Morgan fingerprint density at radius 2 is 2.08 bits per heavy atom. The molecule has 4 rings (SSSR count). The van der Waals surface area contributed by atoms with Crippen LogP contribution in [0.25, 0.3) is 11.0 Å². The molecule has 2 heterocycles. The standard InChI is InChI=1S/C21H23N3O2/c1-15-12-24(13-18(26-15)9-7-16-5-3-2-4-6-16)21(25)17-8-10-19-20(11-17)23-14-22-19/h2-6,8,10-11,14-15,18H,7,9,12-13H2,1H3,(H,22,23). The molecule has 0 saturated carbocycles. The van der Waals surface area contributed by atoms with Crippen LogP contribution in [0.15, 0.2) is 54.9 Å². The van der Waals surface area contributed by atoms with E-state index in [0.717, 1.165) is 23.9 Å². The van der Waals surface area contributed by atoms with Crippen LogP contribution in [-0.4, -0.2) is 46.1 Å². The number of hydrogen-bond acceptors (Lipinski definition) is 3. The van der Waals surface area contributed by atoms with Gasteiger partial charge in [-0.05, 0) is 43.5 Å². The average Bonchev–Trinajstić information content (AvgIpc) is 3.14. The van der Waals surface area contributed by atoms with Crippen LogP contribution >= 0.6 is 0 Å². The molecular formula is C21H23N3O2. The summed E-state index contributed by atoms with van der Waals surface area (Å²) in [5.41, 5.74) is 3.75. The van der Waals surface area contributed by atoms with Crippen LogP contribution in [-0.2, 0) is 11.2 Å². The molecule has 2 unspecified atom stereocenters. The largest absolute Gasteiger partial charge is 0.372 e. The second kappa shape index (κ2) is 7.30. The molecule has 3 aromatic rings. The molecule has 0 bridgehead atoms. The van der Waals surface area contributed by atoms with E-state index in [0.29, 0.717) is 18.7 Å². The number of hydrogen-bond donors (Lipinski definition) is 1. The first-order valence-electron chi connectivity index (χ1n) is 9.11. The quantitative estimate of drug-likeness (QED) is 0.785. The molecule has 1 fully saturated rings. The predicted molar refractivity (Wildman–Crippen MR) is 101 cm³/mol. The molecule has 0 aliphatic carbocycles. The van der Waals surface area contributed by atoms with Gasteiger partial charge in [0, 0.05) is 18.7 Å². The van der Waals surface area contributed by atoms with E-state index >= 15 is 0 Å². The van der Waals surface area contributed by atoms with E-state index in [2.05, 4.69) is 34.2 Å². The van der Waals surface area contributed by atoms with Crippen LogP contribution in [0.4, 0.5) is 0 Å². The molecule has 1 saturated heterocycles. The molecule has 5 heteroatoms. The Morgan fingerprint density at radius 3 is 2.92 bits per heavy atom.